The number of benzene rings is 1. The summed E-state index contributed by atoms with van der Waals surface area (Å²) in [6.07, 6.45) is 3.30. The lowest BCUT2D eigenvalue weighted by atomic mass is 9.88. The van der Waals surface area contributed by atoms with Crippen molar-refractivity contribution in [1.82, 2.24) is 10.3 Å². The predicted molar refractivity (Wildman–Crippen MR) is 68.8 cm³/mol. The van der Waals surface area contributed by atoms with Crippen LogP contribution in [-0.4, -0.2) is 23.2 Å². The Bertz CT molecular complexity index is 546. The number of hydrogen-bond acceptors (Lipinski definition) is 2. The average Bonchev–Trinajstić information content (AvgIpc) is 2.81. The van der Waals surface area contributed by atoms with Crippen molar-refractivity contribution >= 4 is 10.9 Å². The van der Waals surface area contributed by atoms with Crippen LogP contribution in [0.1, 0.15) is 24.5 Å². The number of aromatic nitrogens is 1. The van der Waals surface area contributed by atoms with Gasteiger partial charge in [-0.1, -0.05) is 0 Å². The highest BCUT2D eigenvalue weighted by atomic mass is 19.1. The highest BCUT2D eigenvalue weighted by Gasteiger charge is 2.24. The second-order valence-corrected chi connectivity index (χ2v) is 4.97. The fraction of sp³-hybridized carbons (Fsp3) is 0.429. The minimum atomic E-state index is -0.466. The Morgan fingerprint density at radius 2 is 2.06 bits per heavy atom. The molecule has 1 aromatic heterocycles. The zero-order chi connectivity index (χ0) is 12.5. The molecule has 0 aliphatic carbocycles. The topological polar surface area (TPSA) is 48.0 Å². The molecule has 0 bridgehead atoms. The summed E-state index contributed by atoms with van der Waals surface area (Å²) in [5.41, 5.74) is 1.63. The summed E-state index contributed by atoms with van der Waals surface area (Å²) in [6, 6.07) is 4.64. The Kier molecular flexibility index (Phi) is 3.06. The van der Waals surface area contributed by atoms with Gasteiger partial charge in [-0.2, -0.15) is 0 Å². The van der Waals surface area contributed by atoms with E-state index in [4.69, 9.17) is 0 Å². The minimum Gasteiger partial charge on any atom is -0.388 e. The number of fused-ring (bicyclic) bond motifs is 1. The van der Waals surface area contributed by atoms with Crippen LogP contribution in [0.25, 0.3) is 10.9 Å². The number of rotatable bonds is 2. The van der Waals surface area contributed by atoms with Gasteiger partial charge in [-0.15, -0.1) is 0 Å². The highest BCUT2D eigenvalue weighted by Crippen LogP contribution is 2.33. The molecule has 2 aromatic rings. The van der Waals surface area contributed by atoms with E-state index < -0.39 is 6.10 Å². The number of halogens is 1. The van der Waals surface area contributed by atoms with Crippen LogP contribution in [-0.2, 0) is 0 Å². The van der Waals surface area contributed by atoms with Gasteiger partial charge < -0.3 is 15.4 Å². The molecule has 1 saturated heterocycles. The van der Waals surface area contributed by atoms with Gasteiger partial charge in [0, 0.05) is 22.7 Å². The summed E-state index contributed by atoms with van der Waals surface area (Å²) in [6.45, 7) is 1.91. The molecule has 0 amide bonds. The van der Waals surface area contributed by atoms with Gasteiger partial charge in [0.05, 0.1) is 6.10 Å². The molecule has 1 fully saturated rings. The Balaban J connectivity index is 1.93. The molecule has 1 aliphatic rings. The molecule has 0 spiro atoms. The van der Waals surface area contributed by atoms with Gasteiger partial charge in [-0.25, -0.2) is 4.39 Å². The van der Waals surface area contributed by atoms with E-state index >= 15 is 0 Å². The molecule has 1 atom stereocenters. The minimum absolute atomic E-state index is 0.257. The number of nitrogens with one attached hydrogen (secondary N) is 2. The van der Waals surface area contributed by atoms with Crippen LogP contribution >= 0.6 is 0 Å². The summed E-state index contributed by atoms with van der Waals surface area (Å²) in [4.78, 5) is 3.03. The molecular formula is C14H17FN2O. The number of aliphatic hydroxyl groups excluding tert-OH is 1. The quantitative estimate of drug-likeness (QED) is 0.764. The third-order valence-corrected chi connectivity index (χ3v) is 3.82. The number of aliphatic hydroxyl groups is 1. The summed E-state index contributed by atoms with van der Waals surface area (Å²) >= 11 is 0. The van der Waals surface area contributed by atoms with Gasteiger partial charge in [0.15, 0.2) is 0 Å². The first kappa shape index (κ1) is 11.7. The van der Waals surface area contributed by atoms with Crippen LogP contribution in [0.5, 0.6) is 0 Å². The van der Waals surface area contributed by atoms with E-state index in [0.29, 0.717) is 0 Å². The van der Waals surface area contributed by atoms with E-state index in [0.717, 1.165) is 42.4 Å². The van der Waals surface area contributed by atoms with Crippen molar-refractivity contribution in [3.63, 3.8) is 0 Å². The molecule has 1 unspecified atom stereocenters. The largest absolute Gasteiger partial charge is 0.388 e. The molecule has 0 saturated carbocycles. The van der Waals surface area contributed by atoms with E-state index in [1.165, 1.54) is 12.1 Å². The molecule has 4 heteroatoms. The highest BCUT2D eigenvalue weighted by molar-refractivity contribution is 5.83. The molecule has 2 heterocycles. The Labute approximate surface area is 105 Å². The van der Waals surface area contributed by atoms with Gasteiger partial charge in [-0.3, -0.25) is 0 Å². The van der Waals surface area contributed by atoms with E-state index in [-0.39, 0.29) is 11.7 Å². The number of H-pyrrole nitrogens is 1. The van der Waals surface area contributed by atoms with Crippen molar-refractivity contribution in [2.45, 2.75) is 18.9 Å². The smallest absolute Gasteiger partial charge is 0.125 e. The normalized spacial score (nSPS) is 19.2. The van der Waals surface area contributed by atoms with E-state index in [9.17, 15) is 9.50 Å². The van der Waals surface area contributed by atoms with Crippen LogP contribution < -0.4 is 5.32 Å². The molecule has 18 heavy (non-hydrogen) atoms. The monoisotopic (exact) mass is 248 g/mol. The lowest BCUT2D eigenvalue weighted by Gasteiger charge is -2.27. The molecule has 96 valence electrons. The second kappa shape index (κ2) is 4.71. The van der Waals surface area contributed by atoms with E-state index in [2.05, 4.69) is 10.3 Å². The number of piperidine rings is 1. The molecule has 1 aliphatic heterocycles. The van der Waals surface area contributed by atoms with Crippen LogP contribution in [0.3, 0.4) is 0 Å². The van der Waals surface area contributed by atoms with Gasteiger partial charge >= 0.3 is 0 Å². The maximum atomic E-state index is 13.1. The Hall–Kier alpha value is -1.39. The Morgan fingerprint density at radius 1 is 1.28 bits per heavy atom. The van der Waals surface area contributed by atoms with E-state index in [1.807, 2.05) is 0 Å². The van der Waals surface area contributed by atoms with Crippen molar-refractivity contribution in [3.8, 4) is 0 Å². The van der Waals surface area contributed by atoms with Gasteiger partial charge in [0.1, 0.15) is 5.82 Å². The molecule has 3 rings (SSSR count). The van der Waals surface area contributed by atoms with Gasteiger partial charge in [0.25, 0.3) is 0 Å². The molecule has 0 radical (unpaired) electrons. The van der Waals surface area contributed by atoms with Gasteiger partial charge in [0.2, 0.25) is 0 Å². The van der Waals surface area contributed by atoms with Crippen molar-refractivity contribution in [3.05, 3.63) is 35.8 Å². The first-order valence-electron chi connectivity index (χ1n) is 6.41. The predicted octanol–water partition coefficient (Wildman–Crippen LogP) is 2.34. The molecular weight excluding hydrogens is 231 g/mol. The summed E-state index contributed by atoms with van der Waals surface area (Å²) in [7, 11) is 0. The zero-order valence-electron chi connectivity index (χ0n) is 10.1. The fourth-order valence-electron chi connectivity index (χ4n) is 2.78. The maximum absolute atomic E-state index is 13.1. The van der Waals surface area contributed by atoms with Crippen molar-refractivity contribution in [1.29, 1.82) is 0 Å². The van der Waals surface area contributed by atoms with Crippen LogP contribution in [0.15, 0.2) is 24.4 Å². The molecule has 3 N–H and O–H groups in total. The van der Waals surface area contributed by atoms with Crippen molar-refractivity contribution in [2.75, 3.05) is 13.1 Å². The zero-order valence-corrected chi connectivity index (χ0v) is 10.1. The lowest BCUT2D eigenvalue weighted by molar-refractivity contribution is 0.0902. The fourth-order valence-corrected chi connectivity index (χ4v) is 2.78. The van der Waals surface area contributed by atoms with Crippen LogP contribution in [0.2, 0.25) is 0 Å². The van der Waals surface area contributed by atoms with E-state index in [1.54, 1.807) is 12.3 Å². The molecule has 3 nitrogen and oxygen atoms in total. The third kappa shape index (κ3) is 2.02. The third-order valence-electron chi connectivity index (χ3n) is 3.82. The second-order valence-electron chi connectivity index (χ2n) is 4.97. The van der Waals surface area contributed by atoms with Crippen LogP contribution in [0.4, 0.5) is 4.39 Å². The van der Waals surface area contributed by atoms with Crippen molar-refractivity contribution in [2.24, 2.45) is 5.92 Å². The average molecular weight is 248 g/mol. The maximum Gasteiger partial charge on any atom is 0.125 e. The SMILES string of the molecule is OC(c1c[nH]c2cc(F)ccc12)C1CCNCC1. The number of hydrogen-bond donors (Lipinski definition) is 3. The van der Waals surface area contributed by atoms with Crippen LogP contribution in [0, 0.1) is 11.7 Å². The van der Waals surface area contributed by atoms with Crippen molar-refractivity contribution < 1.29 is 9.50 Å². The Morgan fingerprint density at radius 3 is 2.83 bits per heavy atom. The first-order chi connectivity index (χ1) is 8.75. The lowest BCUT2D eigenvalue weighted by Crippen LogP contribution is -2.30. The summed E-state index contributed by atoms with van der Waals surface area (Å²) in [5.74, 6) is 0.0301. The standard InChI is InChI=1S/C14H17FN2O/c15-10-1-2-11-12(8-17-13(11)7-10)14(18)9-3-5-16-6-4-9/h1-2,7-9,14,16-18H,3-6H2. The first-order valence-corrected chi connectivity index (χ1v) is 6.41. The number of aromatic amines is 1. The summed E-state index contributed by atoms with van der Waals surface area (Å²) < 4.78 is 13.1. The molecule has 1 aromatic carbocycles. The van der Waals surface area contributed by atoms with Gasteiger partial charge in [-0.05, 0) is 50.0 Å². The summed E-state index contributed by atoms with van der Waals surface area (Å²) in [5, 5.41) is 14.7.